The van der Waals surface area contributed by atoms with Crippen LogP contribution in [0.1, 0.15) is 21.7 Å². The van der Waals surface area contributed by atoms with Crippen molar-refractivity contribution >= 4 is 27.5 Å². The lowest BCUT2D eigenvalue weighted by Gasteiger charge is -2.10. The molecule has 0 saturated carbocycles. The molecule has 0 aliphatic heterocycles. The van der Waals surface area contributed by atoms with Crippen molar-refractivity contribution in [3.8, 4) is 11.3 Å². The fourth-order valence-electron chi connectivity index (χ4n) is 3.17. The third-order valence-corrected chi connectivity index (χ3v) is 5.81. The monoisotopic (exact) mass is 418 g/mol. The Labute approximate surface area is 178 Å². The average Bonchev–Trinajstić information content (AvgIpc) is 3.12. The highest BCUT2D eigenvalue weighted by molar-refractivity contribution is 7.19. The van der Waals surface area contributed by atoms with Crippen molar-refractivity contribution < 1.29 is 4.79 Å². The van der Waals surface area contributed by atoms with Crippen molar-refractivity contribution in [3.05, 3.63) is 80.6 Å². The topological polar surface area (TPSA) is 76.9 Å². The average molecular weight is 419 g/mol. The molecular weight excluding hydrogens is 396 g/mol. The lowest BCUT2D eigenvalue weighted by molar-refractivity contribution is -0.122. The third-order valence-electron chi connectivity index (χ3n) is 4.84. The van der Waals surface area contributed by atoms with Crippen LogP contribution in [0.3, 0.4) is 0 Å². The SMILES string of the molecule is Cc1ccc(CNC(=O)Cn2nc(-c3ccc(C)cc3)c3sc(C)nc3c2=O)cc1. The number of amides is 1. The van der Waals surface area contributed by atoms with E-state index in [1.165, 1.54) is 16.0 Å². The summed E-state index contributed by atoms with van der Waals surface area (Å²) in [5, 5.41) is 8.18. The molecule has 30 heavy (non-hydrogen) atoms. The number of hydrogen-bond acceptors (Lipinski definition) is 5. The second kappa shape index (κ2) is 8.20. The van der Waals surface area contributed by atoms with E-state index in [0.717, 1.165) is 32.0 Å². The predicted molar refractivity (Wildman–Crippen MR) is 120 cm³/mol. The highest BCUT2D eigenvalue weighted by atomic mass is 32.1. The van der Waals surface area contributed by atoms with E-state index < -0.39 is 0 Å². The number of thiazole rings is 1. The van der Waals surface area contributed by atoms with Crippen LogP contribution in [0.5, 0.6) is 0 Å². The Morgan fingerprint density at radius 1 is 1.00 bits per heavy atom. The molecule has 4 rings (SSSR count). The van der Waals surface area contributed by atoms with Crippen molar-refractivity contribution in [2.45, 2.75) is 33.9 Å². The van der Waals surface area contributed by atoms with Gasteiger partial charge in [0.15, 0.2) is 5.52 Å². The first kappa shape index (κ1) is 20.0. The van der Waals surface area contributed by atoms with E-state index in [4.69, 9.17) is 0 Å². The van der Waals surface area contributed by atoms with E-state index in [1.807, 2.05) is 69.3 Å². The molecule has 0 radical (unpaired) electrons. The number of aromatic nitrogens is 3. The molecule has 2 heterocycles. The fraction of sp³-hybridized carbons (Fsp3) is 0.217. The van der Waals surface area contributed by atoms with E-state index in [2.05, 4.69) is 15.4 Å². The number of carbonyl (C=O) groups excluding carboxylic acids is 1. The Hall–Kier alpha value is -3.32. The van der Waals surface area contributed by atoms with Gasteiger partial charge in [-0.3, -0.25) is 9.59 Å². The second-order valence-corrected chi connectivity index (χ2v) is 8.55. The van der Waals surface area contributed by atoms with Crippen LogP contribution in [0, 0.1) is 20.8 Å². The van der Waals surface area contributed by atoms with Gasteiger partial charge in [0, 0.05) is 12.1 Å². The van der Waals surface area contributed by atoms with Gasteiger partial charge in [-0.2, -0.15) is 5.10 Å². The first-order valence-electron chi connectivity index (χ1n) is 9.68. The second-order valence-electron chi connectivity index (χ2n) is 7.35. The molecule has 1 N–H and O–H groups in total. The number of benzene rings is 2. The van der Waals surface area contributed by atoms with Crippen LogP contribution >= 0.6 is 11.3 Å². The van der Waals surface area contributed by atoms with Crippen LogP contribution < -0.4 is 10.9 Å². The summed E-state index contributed by atoms with van der Waals surface area (Å²) in [4.78, 5) is 29.8. The van der Waals surface area contributed by atoms with Crippen LogP contribution in [0.25, 0.3) is 21.5 Å². The number of hydrogen-bond donors (Lipinski definition) is 1. The standard InChI is InChI=1S/C23H22N4O2S/c1-14-4-8-17(9-5-14)12-24-19(28)13-27-23(29)21-22(30-16(3)25-21)20(26-27)18-10-6-15(2)7-11-18/h4-11H,12-13H2,1-3H3,(H,24,28). The maximum atomic E-state index is 12.9. The van der Waals surface area contributed by atoms with E-state index in [9.17, 15) is 9.59 Å². The fourth-order valence-corrected chi connectivity index (χ4v) is 4.09. The summed E-state index contributed by atoms with van der Waals surface area (Å²) in [5.41, 5.74) is 4.87. The van der Waals surface area contributed by atoms with Gasteiger partial charge in [-0.25, -0.2) is 9.67 Å². The predicted octanol–water partition coefficient (Wildman–Crippen LogP) is 3.76. The first-order chi connectivity index (χ1) is 14.4. The van der Waals surface area contributed by atoms with E-state index in [0.29, 0.717) is 17.8 Å². The Bertz CT molecular complexity index is 1270. The van der Waals surface area contributed by atoms with Gasteiger partial charge in [-0.1, -0.05) is 59.7 Å². The Balaban J connectivity index is 1.64. The smallest absolute Gasteiger partial charge is 0.294 e. The third kappa shape index (κ3) is 4.16. The lowest BCUT2D eigenvalue weighted by atomic mass is 10.1. The number of aryl methyl sites for hydroxylation is 3. The molecule has 152 valence electrons. The number of rotatable bonds is 5. The van der Waals surface area contributed by atoms with Crippen LogP contribution in [-0.4, -0.2) is 20.7 Å². The molecule has 1 amide bonds. The van der Waals surface area contributed by atoms with Crippen molar-refractivity contribution in [1.82, 2.24) is 20.1 Å². The summed E-state index contributed by atoms with van der Waals surface area (Å²) in [6.07, 6.45) is 0. The minimum absolute atomic E-state index is 0.157. The number of carbonyl (C=O) groups is 1. The van der Waals surface area contributed by atoms with Crippen LogP contribution in [0.4, 0.5) is 0 Å². The highest BCUT2D eigenvalue weighted by Crippen LogP contribution is 2.29. The number of nitrogens with one attached hydrogen (secondary N) is 1. The Morgan fingerprint density at radius 3 is 2.30 bits per heavy atom. The quantitative estimate of drug-likeness (QED) is 0.535. The van der Waals surface area contributed by atoms with Crippen LogP contribution in [-0.2, 0) is 17.9 Å². The minimum Gasteiger partial charge on any atom is -0.350 e. The summed E-state index contributed by atoms with van der Waals surface area (Å²) in [6.45, 7) is 6.14. The molecule has 0 aliphatic carbocycles. The molecule has 0 bridgehead atoms. The Morgan fingerprint density at radius 2 is 1.63 bits per heavy atom. The molecule has 0 saturated heterocycles. The first-order valence-corrected chi connectivity index (χ1v) is 10.5. The molecule has 2 aromatic heterocycles. The summed E-state index contributed by atoms with van der Waals surface area (Å²) in [5.74, 6) is -0.272. The normalized spacial score (nSPS) is 11.0. The van der Waals surface area contributed by atoms with Crippen LogP contribution in [0.15, 0.2) is 53.3 Å². The van der Waals surface area contributed by atoms with E-state index >= 15 is 0 Å². The maximum Gasteiger partial charge on any atom is 0.294 e. The Kier molecular flexibility index (Phi) is 5.46. The molecule has 0 aliphatic rings. The highest BCUT2D eigenvalue weighted by Gasteiger charge is 2.17. The van der Waals surface area contributed by atoms with Gasteiger partial charge in [0.25, 0.3) is 5.56 Å². The van der Waals surface area contributed by atoms with Crippen molar-refractivity contribution in [2.75, 3.05) is 0 Å². The van der Waals surface area contributed by atoms with Crippen molar-refractivity contribution in [3.63, 3.8) is 0 Å². The van der Waals surface area contributed by atoms with E-state index in [1.54, 1.807) is 0 Å². The van der Waals surface area contributed by atoms with Gasteiger partial charge >= 0.3 is 0 Å². The summed E-state index contributed by atoms with van der Waals surface area (Å²) in [7, 11) is 0. The van der Waals surface area contributed by atoms with Crippen LogP contribution in [0.2, 0.25) is 0 Å². The molecule has 0 spiro atoms. The van der Waals surface area contributed by atoms with Gasteiger partial charge in [0.1, 0.15) is 12.2 Å². The molecule has 0 unspecified atom stereocenters. The summed E-state index contributed by atoms with van der Waals surface area (Å²) >= 11 is 1.44. The molecule has 0 atom stereocenters. The molecule has 4 aromatic rings. The molecular formula is C23H22N4O2S. The van der Waals surface area contributed by atoms with Gasteiger partial charge in [-0.05, 0) is 26.3 Å². The summed E-state index contributed by atoms with van der Waals surface area (Å²) < 4.78 is 1.96. The molecule has 2 aromatic carbocycles. The lowest BCUT2D eigenvalue weighted by Crippen LogP contribution is -2.33. The van der Waals surface area contributed by atoms with Crippen molar-refractivity contribution in [1.29, 1.82) is 0 Å². The number of fused-ring (bicyclic) bond motifs is 1. The van der Waals surface area contributed by atoms with E-state index in [-0.39, 0.29) is 18.0 Å². The molecule has 7 heteroatoms. The van der Waals surface area contributed by atoms with Crippen molar-refractivity contribution in [2.24, 2.45) is 0 Å². The van der Waals surface area contributed by atoms with Gasteiger partial charge < -0.3 is 5.32 Å². The molecule has 0 fully saturated rings. The largest absolute Gasteiger partial charge is 0.350 e. The molecule has 6 nitrogen and oxygen atoms in total. The zero-order valence-electron chi connectivity index (χ0n) is 17.1. The number of nitrogens with zero attached hydrogens (tertiary/aromatic N) is 3. The van der Waals surface area contributed by atoms with Gasteiger partial charge in [0.2, 0.25) is 5.91 Å². The zero-order valence-corrected chi connectivity index (χ0v) is 17.9. The summed E-state index contributed by atoms with van der Waals surface area (Å²) in [6, 6.07) is 15.9. The minimum atomic E-state index is -0.351. The maximum absolute atomic E-state index is 12.9. The van der Waals surface area contributed by atoms with Gasteiger partial charge in [0.05, 0.1) is 9.71 Å². The zero-order chi connectivity index (χ0) is 21.3. The van der Waals surface area contributed by atoms with Gasteiger partial charge in [-0.15, -0.1) is 11.3 Å².